The summed E-state index contributed by atoms with van der Waals surface area (Å²) in [7, 11) is 0. The molecule has 1 saturated heterocycles. The predicted octanol–water partition coefficient (Wildman–Crippen LogP) is 2.29. The summed E-state index contributed by atoms with van der Waals surface area (Å²) in [4.78, 5) is 2.60. The standard InChI is InChI=1S/C16H31N5/c1-3-6-15-7-5-9-20(10-8-15)11-12-21-14-16(18-19-21)13-17-4-2/h14-15,17H,3-13H2,1-2H3. The molecule has 2 heterocycles. The number of hydrogen-bond donors (Lipinski definition) is 1. The third-order valence-electron chi connectivity index (χ3n) is 4.42. The smallest absolute Gasteiger partial charge is 0.0964 e. The van der Waals surface area contributed by atoms with E-state index in [1.807, 2.05) is 4.68 Å². The van der Waals surface area contributed by atoms with Gasteiger partial charge in [0.25, 0.3) is 0 Å². The lowest BCUT2D eigenvalue weighted by molar-refractivity contribution is 0.263. The second-order valence-electron chi connectivity index (χ2n) is 6.18. The normalized spacial score (nSPS) is 20.6. The number of rotatable bonds is 8. The zero-order valence-corrected chi connectivity index (χ0v) is 13.7. The molecule has 1 unspecified atom stereocenters. The molecule has 5 heteroatoms. The molecule has 5 nitrogen and oxygen atoms in total. The van der Waals surface area contributed by atoms with Crippen LogP contribution in [0.5, 0.6) is 0 Å². The van der Waals surface area contributed by atoms with Gasteiger partial charge in [-0.25, -0.2) is 0 Å². The van der Waals surface area contributed by atoms with Gasteiger partial charge in [0.1, 0.15) is 0 Å². The molecule has 21 heavy (non-hydrogen) atoms. The van der Waals surface area contributed by atoms with Gasteiger partial charge in [-0.2, -0.15) is 0 Å². The van der Waals surface area contributed by atoms with E-state index in [0.717, 1.165) is 37.8 Å². The van der Waals surface area contributed by atoms with Crippen molar-refractivity contribution >= 4 is 0 Å². The van der Waals surface area contributed by atoms with Crippen molar-refractivity contribution in [2.24, 2.45) is 5.92 Å². The van der Waals surface area contributed by atoms with Crippen molar-refractivity contribution in [2.75, 3.05) is 26.2 Å². The van der Waals surface area contributed by atoms with E-state index in [2.05, 4.69) is 40.6 Å². The second kappa shape index (κ2) is 9.15. The van der Waals surface area contributed by atoms with E-state index in [9.17, 15) is 0 Å². The maximum atomic E-state index is 4.22. The summed E-state index contributed by atoms with van der Waals surface area (Å²) in [6.07, 6.45) is 8.95. The Morgan fingerprint density at radius 3 is 2.95 bits per heavy atom. The minimum absolute atomic E-state index is 0.818. The summed E-state index contributed by atoms with van der Waals surface area (Å²) < 4.78 is 1.99. The van der Waals surface area contributed by atoms with E-state index < -0.39 is 0 Å². The van der Waals surface area contributed by atoms with Gasteiger partial charge in [-0.1, -0.05) is 31.9 Å². The molecule has 0 spiro atoms. The summed E-state index contributed by atoms with van der Waals surface area (Å²) in [5.41, 5.74) is 1.04. The third kappa shape index (κ3) is 5.75. The molecule has 120 valence electrons. The lowest BCUT2D eigenvalue weighted by atomic mass is 9.96. The van der Waals surface area contributed by atoms with E-state index in [-0.39, 0.29) is 0 Å². The van der Waals surface area contributed by atoms with Crippen LogP contribution in [0.2, 0.25) is 0 Å². The van der Waals surface area contributed by atoms with Crippen LogP contribution < -0.4 is 5.32 Å². The maximum absolute atomic E-state index is 4.22. The molecule has 0 aromatic carbocycles. The van der Waals surface area contributed by atoms with E-state index >= 15 is 0 Å². The topological polar surface area (TPSA) is 46.0 Å². The molecule has 0 bridgehead atoms. The molecule has 1 aliphatic heterocycles. The molecule has 0 radical (unpaired) electrons. The number of nitrogens with zero attached hydrogens (tertiary/aromatic N) is 4. The molecule has 1 aliphatic rings. The summed E-state index contributed by atoms with van der Waals surface area (Å²) >= 11 is 0. The first-order valence-electron chi connectivity index (χ1n) is 8.64. The quantitative estimate of drug-likeness (QED) is 0.799. The lowest BCUT2D eigenvalue weighted by Crippen LogP contribution is -2.28. The molecular weight excluding hydrogens is 262 g/mol. The SMILES string of the molecule is CCCC1CCCN(CCn2cc(CNCC)nn2)CC1. The van der Waals surface area contributed by atoms with Gasteiger partial charge < -0.3 is 10.2 Å². The lowest BCUT2D eigenvalue weighted by Gasteiger charge is -2.19. The van der Waals surface area contributed by atoms with E-state index in [0.29, 0.717) is 0 Å². The largest absolute Gasteiger partial charge is 0.311 e. The van der Waals surface area contributed by atoms with Crippen LogP contribution >= 0.6 is 0 Å². The predicted molar refractivity (Wildman–Crippen MR) is 86.1 cm³/mol. The van der Waals surface area contributed by atoms with Gasteiger partial charge in [0, 0.05) is 19.3 Å². The van der Waals surface area contributed by atoms with Crippen LogP contribution in [0.4, 0.5) is 0 Å². The fourth-order valence-electron chi connectivity index (χ4n) is 3.17. The van der Waals surface area contributed by atoms with Gasteiger partial charge in [0.15, 0.2) is 0 Å². The van der Waals surface area contributed by atoms with Gasteiger partial charge in [0.05, 0.1) is 12.2 Å². The molecule has 1 atom stereocenters. The van der Waals surface area contributed by atoms with Crippen LogP contribution in [-0.2, 0) is 13.1 Å². The Labute approximate surface area is 129 Å². The van der Waals surface area contributed by atoms with Crippen LogP contribution in [0, 0.1) is 5.92 Å². The molecular formula is C16H31N5. The average Bonchev–Trinajstić information content (AvgIpc) is 2.83. The van der Waals surface area contributed by atoms with Crippen molar-refractivity contribution in [3.8, 4) is 0 Å². The fourth-order valence-corrected chi connectivity index (χ4v) is 3.17. The van der Waals surface area contributed by atoms with Crippen LogP contribution in [0.1, 0.15) is 51.6 Å². The summed E-state index contributed by atoms with van der Waals surface area (Å²) in [6, 6.07) is 0. The molecule has 1 aromatic heterocycles. The highest BCUT2D eigenvalue weighted by Crippen LogP contribution is 2.21. The Morgan fingerprint density at radius 2 is 2.14 bits per heavy atom. The Hall–Kier alpha value is -0.940. The summed E-state index contributed by atoms with van der Waals surface area (Å²) in [5, 5.41) is 11.7. The van der Waals surface area contributed by atoms with Crippen molar-refractivity contribution in [1.29, 1.82) is 0 Å². The summed E-state index contributed by atoms with van der Waals surface area (Å²) in [5.74, 6) is 0.957. The number of aromatic nitrogens is 3. The second-order valence-corrected chi connectivity index (χ2v) is 6.18. The number of nitrogens with one attached hydrogen (secondary N) is 1. The first-order chi connectivity index (χ1) is 10.3. The van der Waals surface area contributed by atoms with Crippen molar-refractivity contribution in [3.63, 3.8) is 0 Å². The molecule has 1 aromatic rings. The monoisotopic (exact) mass is 293 g/mol. The highest BCUT2D eigenvalue weighted by Gasteiger charge is 2.16. The Morgan fingerprint density at radius 1 is 1.24 bits per heavy atom. The van der Waals surface area contributed by atoms with E-state index in [1.165, 1.54) is 45.2 Å². The van der Waals surface area contributed by atoms with Gasteiger partial charge in [-0.15, -0.1) is 5.10 Å². The number of likely N-dealkylation sites (tertiary alicyclic amines) is 1. The van der Waals surface area contributed by atoms with Gasteiger partial charge in [-0.3, -0.25) is 4.68 Å². The molecule has 2 rings (SSSR count). The molecule has 0 saturated carbocycles. The van der Waals surface area contributed by atoms with Crippen LogP contribution in [0.25, 0.3) is 0 Å². The first-order valence-corrected chi connectivity index (χ1v) is 8.64. The Balaban J connectivity index is 1.71. The zero-order valence-electron chi connectivity index (χ0n) is 13.7. The first kappa shape index (κ1) is 16.4. The van der Waals surface area contributed by atoms with Crippen molar-refractivity contribution in [3.05, 3.63) is 11.9 Å². The maximum Gasteiger partial charge on any atom is 0.0964 e. The summed E-state index contributed by atoms with van der Waals surface area (Å²) in [6.45, 7) is 10.8. The zero-order chi connectivity index (χ0) is 14.9. The van der Waals surface area contributed by atoms with E-state index in [1.54, 1.807) is 0 Å². The van der Waals surface area contributed by atoms with Gasteiger partial charge >= 0.3 is 0 Å². The van der Waals surface area contributed by atoms with Crippen molar-refractivity contribution in [2.45, 2.75) is 59.0 Å². The Kier molecular flexibility index (Phi) is 7.16. The van der Waals surface area contributed by atoms with Gasteiger partial charge in [0.2, 0.25) is 0 Å². The van der Waals surface area contributed by atoms with Crippen LogP contribution in [-0.4, -0.2) is 46.1 Å². The van der Waals surface area contributed by atoms with E-state index in [4.69, 9.17) is 0 Å². The molecule has 1 N–H and O–H groups in total. The molecule has 0 aliphatic carbocycles. The van der Waals surface area contributed by atoms with Gasteiger partial charge in [-0.05, 0) is 44.8 Å². The minimum Gasteiger partial charge on any atom is -0.311 e. The minimum atomic E-state index is 0.818. The van der Waals surface area contributed by atoms with Crippen LogP contribution in [0.15, 0.2) is 6.20 Å². The molecule has 0 amide bonds. The van der Waals surface area contributed by atoms with Crippen LogP contribution in [0.3, 0.4) is 0 Å². The molecule has 1 fully saturated rings. The third-order valence-corrected chi connectivity index (χ3v) is 4.42. The van der Waals surface area contributed by atoms with Crippen molar-refractivity contribution in [1.82, 2.24) is 25.2 Å². The number of hydrogen-bond acceptors (Lipinski definition) is 4. The highest BCUT2D eigenvalue weighted by molar-refractivity contribution is 4.91. The van der Waals surface area contributed by atoms with Crippen molar-refractivity contribution < 1.29 is 0 Å². The Bertz CT molecular complexity index is 390. The highest BCUT2D eigenvalue weighted by atomic mass is 15.4. The average molecular weight is 293 g/mol. The fraction of sp³-hybridized carbons (Fsp3) is 0.875.